The van der Waals surface area contributed by atoms with Crippen LogP contribution in [0.1, 0.15) is 24.2 Å². The highest BCUT2D eigenvalue weighted by Crippen LogP contribution is 2.27. The fourth-order valence-corrected chi connectivity index (χ4v) is 3.61. The van der Waals surface area contributed by atoms with Crippen LogP contribution in [0.2, 0.25) is 0 Å². The Kier molecular flexibility index (Phi) is 6.41. The number of benzene rings is 1. The number of hydrogen-bond acceptors (Lipinski definition) is 3. The minimum absolute atomic E-state index is 0. The Bertz CT molecular complexity index is 629. The second-order valence-electron chi connectivity index (χ2n) is 7.10. The Morgan fingerprint density at radius 1 is 1.20 bits per heavy atom. The van der Waals surface area contributed by atoms with Gasteiger partial charge >= 0.3 is 0 Å². The summed E-state index contributed by atoms with van der Waals surface area (Å²) in [7, 11) is 0. The van der Waals surface area contributed by atoms with Crippen molar-refractivity contribution in [3.63, 3.8) is 0 Å². The quantitative estimate of drug-likeness (QED) is 0.848. The lowest BCUT2D eigenvalue weighted by Crippen LogP contribution is -2.51. The van der Waals surface area contributed by atoms with Crippen LogP contribution in [0.3, 0.4) is 0 Å². The highest BCUT2D eigenvalue weighted by atomic mass is 35.5. The molecule has 25 heavy (non-hydrogen) atoms. The van der Waals surface area contributed by atoms with Crippen molar-refractivity contribution in [3.05, 3.63) is 35.6 Å². The monoisotopic (exact) mass is 369 g/mol. The number of halogens is 2. The number of amides is 2. The number of hydrogen-bond donors (Lipinski definition) is 2. The van der Waals surface area contributed by atoms with Crippen LogP contribution in [0.25, 0.3) is 0 Å². The molecule has 2 aliphatic rings. The van der Waals surface area contributed by atoms with E-state index >= 15 is 0 Å². The maximum Gasteiger partial charge on any atom is 0.254 e. The zero-order valence-electron chi connectivity index (χ0n) is 14.5. The third-order valence-electron chi connectivity index (χ3n) is 5.04. The van der Waals surface area contributed by atoms with Gasteiger partial charge < -0.3 is 15.5 Å². The smallest absolute Gasteiger partial charge is 0.254 e. The fraction of sp³-hybridized carbons (Fsp3) is 0.556. The molecule has 0 saturated carbocycles. The van der Waals surface area contributed by atoms with Crippen molar-refractivity contribution in [1.29, 1.82) is 0 Å². The van der Waals surface area contributed by atoms with Gasteiger partial charge in [-0.25, -0.2) is 4.39 Å². The maximum atomic E-state index is 13.8. The lowest BCUT2D eigenvalue weighted by molar-refractivity contribution is -0.133. The van der Waals surface area contributed by atoms with Crippen LogP contribution < -0.4 is 10.6 Å². The van der Waals surface area contributed by atoms with Gasteiger partial charge in [-0.15, -0.1) is 12.4 Å². The van der Waals surface area contributed by atoms with E-state index in [0.717, 1.165) is 26.2 Å². The summed E-state index contributed by atoms with van der Waals surface area (Å²) in [5, 5.41) is 6.08. The molecule has 2 aliphatic heterocycles. The molecule has 0 aromatic heterocycles. The number of nitrogens with zero attached hydrogens (tertiary/aromatic N) is 1. The summed E-state index contributed by atoms with van der Waals surface area (Å²) in [6.07, 6.45) is 0. The summed E-state index contributed by atoms with van der Waals surface area (Å²) in [5.41, 5.74) is -0.0292. The Balaban J connectivity index is 0.00000225. The first-order valence-corrected chi connectivity index (χ1v) is 8.52. The average molecular weight is 370 g/mol. The summed E-state index contributed by atoms with van der Waals surface area (Å²) in [6, 6.07) is 5.19. The van der Waals surface area contributed by atoms with Crippen molar-refractivity contribution in [2.24, 2.45) is 17.8 Å². The SMILES string of the molecule is CC(C)C(NC(=O)c1ccccc1F)C(=O)N1C[C@H]2CNC[C@H]2C1.Cl. The second kappa shape index (κ2) is 8.15. The number of carbonyl (C=O) groups excluding carboxylic acids is 2. The van der Waals surface area contributed by atoms with Crippen molar-refractivity contribution in [1.82, 2.24) is 15.5 Å². The van der Waals surface area contributed by atoms with E-state index < -0.39 is 17.8 Å². The Hall–Kier alpha value is -1.66. The van der Waals surface area contributed by atoms with E-state index in [9.17, 15) is 14.0 Å². The maximum absolute atomic E-state index is 13.8. The summed E-state index contributed by atoms with van der Waals surface area (Å²) in [4.78, 5) is 27.1. The van der Waals surface area contributed by atoms with E-state index in [1.807, 2.05) is 18.7 Å². The van der Waals surface area contributed by atoms with Gasteiger partial charge in [0.1, 0.15) is 11.9 Å². The molecule has 1 unspecified atom stereocenters. The average Bonchev–Trinajstić information content (AvgIpc) is 3.13. The predicted molar refractivity (Wildman–Crippen MR) is 96.2 cm³/mol. The summed E-state index contributed by atoms with van der Waals surface area (Å²) in [6.45, 7) is 7.14. The second-order valence-corrected chi connectivity index (χ2v) is 7.10. The van der Waals surface area contributed by atoms with E-state index in [1.54, 1.807) is 6.07 Å². The van der Waals surface area contributed by atoms with Crippen molar-refractivity contribution < 1.29 is 14.0 Å². The van der Waals surface area contributed by atoms with E-state index in [-0.39, 0.29) is 29.8 Å². The highest BCUT2D eigenvalue weighted by molar-refractivity contribution is 5.97. The topological polar surface area (TPSA) is 61.4 Å². The number of rotatable bonds is 4. The third kappa shape index (κ3) is 4.12. The molecule has 2 fully saturated rings. The van der Waals surface area contributed by atoms with Crippen molar-refractivity contribution in [3.8, 4) is 0 Å². The van der Waals surface area contributed by atoms with E-state index in [0.29, 0.717) is 11.8 Å². The Labute approximate surface area is 153 Å². The molecule has 5 nitrogen and oxygen atoms in total. The number of likely N-dealkylation sites (tertiary alicyclic amines) is 1. The molecule has 0 radical (unpaired) electrons. The molecule has 0 spiro atoms. The van der Waals surface area contributed by atoms with E-state index in [1.165, 1.54) is 18.2 Å². The van der Waals surface area contributed by atoms with Gasteiger partial charge in [0.25, 0.3) is 5.91 Å². The van der Waals surface area contributed by atoms with Crippen LogP contribution in [-0.2, 0) is 4.79 Å². The van der Waals surface area contributed by atoms with Gasteiger partial charge in [-0.3, -0.25) is 9.59 Å². The molecule has 0 aliphatic carbocycles. The van der Waals surface area contributed by atoms with Crippen molar-refractivity contribution >= 4 is 24.2 Å². The van der Waals surface area contributed by atoms with Crippen LogP contribution >= 0.6 is 12.4 Å². The fourth-order valence-electron chi connectivity index (χ4n) is 3.61. The van der Waals surface area contributed by atoms with Gasteiger partial charge in [0, 0.05) is 26.2 Å². The lowest BCUT2D eigenvalue weighted by atomic mass is 10.0. The molecule has 2 heterocycles. The first-order chi connectivity index (χ1) is 11.5. The summed E-state index contributed by atoms with van der Waals surface area (Å²) >= 11 is 0. The molecule has 2 N–H and O–H groups in total. The largest absolute Gasteiger partial charge is 0.340 e. The first kappa shape index (κ1) is 19.7. The minimum Gasteiger partial charge on any atom is -0.340 e. The van der Waals surface area contributed by atoms with Crippen LogP contribution in [0, 0.1) is 23.6 Å². The van der Waals surface area contributed by atoms with E-state index in [2.05, 4.69) is 10.6 Å². The molecule has 2 amide bonds. The Morgan fingerprint density at radius 2 is 1.80 bits per heavy atom. The van der Waals surface area contributed by atoms with Gasteiger partial charge in [-0.2, -0.15) is 0 Å². The third-order valence-corrected chi connectivity index (χ3v) is 5.04. The van der Waals surface area contributed by atoms with Crippen molar-refractivity contribution in [2.45, 2.75) is 19.9 Å². The summed E-state index contributed by atoms with van der Waals surface area (Å²) in [5.74, 6) is -0.239. The molecule has 0 bridgehead atoms. The lowest BCUT2D eigenvalue weighted by Gasteiger charge is -2.27. The molecule has 1 aromatic carbocycles. The van der Waals surface area contributed by atoms with Gasteiger partial charge in [-0.05, 0) is 29.9 Å². The number of carbonyl (C=O) groups is 2. The Morgan fingerprint density at radius 3 is 2.36 bits per heavy atom. The van der Waals surface area contributed by atoms with Gasteiger partial charge in [-0.1, -0.05) is 26.0 Å². The zero-order valence-corrected chi connectivity index (χ0v) is 15.3. The molecule has 3 rings (SSSR count). The molecule has 2 saturated heterocycles. The van der Waals surface area contributed by atoms with Gasteiger partial charge in [0.15, 0.2) is 0 Å². The number of nitrogens with one attached hydrogen (secondary N) is 2. The molecule has 3 atom stereocenters. The molecular formula is C18H25ClFN3O2. The minimum atomic E-state index is -0.635. The summed E-state index contributed by atoms with van der Waals surface area (Å²) < 4.78 is 13.8. The van der Waals surface area contributed by atoms with E-state index in [4.69, 9.17) is 0 Å². The van der Waals surface area contributed by atoms with Gasteiger partial charge in [0.2, 0.25) is 5.91 Å². The highest BCUT2D eigenvalue weighted by Gasteiger charge is 2.40. The molecule has 138 valence electrons. The zero-order chi connectivity index (χ0) is 17.3. The molecular weight excluding hydrogens is 345 g/mol. The van der Waals surface area contributed by atoms with Crippen LogP contribution in [-0.4, -0.2) is 48.9 Å². The number of fused-ring (bicyclic) bond motifs is 1. The molecule has 1 aromatic rings. The van der Waals surface area contributed by atoms with Crippen LogP contribution in [0.4, 0.5) is 4.39 Å². The predicted octanol–water partition coefficient (Wildman–Crippen LogP) is 1.68. The standard InChI is InChI=1S/C18H24FN3O2.ClH/c1-11(2)16(21-17(23)14-5-3-4-6-15(14)19)18(24)22-9-12-7-20-8-13(12)10-22;/h3-6,11-13,16,20H,7-10H2,1-2H3,(H,21,23);1H/t12-,13+,16?;. The van der Waals surface area contributed by atoms with Crippen molar-refractivity contribution in [2.75, 3.05) is 26.2 Å². The molecule has 7 heteroatoms. The normalized spacial score (nSPS) is 23.1. The first-order valence-electron chi connectivity index (χ1n) is 8.52. The van der Waals surface area contributed by atoms with Crippen LogP contribution in [0.15, 0.2) is 24.3 Å². The van der Waals surface area contributed by atoms with Crippen LogP contribution in [0.5, 0.6) is 0 Å². The van der Waals surface area contributed by atoms with Gasteiger partial charge in [0.05, 0.1) is 5.56 Å².